The number of carbonyl (C=O) groups excluding carboxylic acids is 2. The summed E-state index contributed by atoms with van der Waals surface area (Å²) in [6.07, 6.45) is 16.8. The Hall–Kier alpha value is -6.94. The number of carbonyl (C=O) groups is 2. The summed E-state index contributed by atoms with van der Waals surface area (Å²) in [5, 5.41) is 61.1. The molecule has 4 aromatic rings. The van der Waals surface area contributed by atoms with Crippen molar-refractivity contribution >= 4 is 34.6 Å². The summed E-state index contributed by atoms with van der Waals surface area (Å²) in [6.45, 7) is 22.0. The molecule has 78 heavy (non-hydrogen) atoms. The van der Waals surface area contributed by atoms with Gasteiger partial charge in [-0.15, -0.1) is 10.2 Å². The Labute approximate surface area is 463 Å². The number of rotatable bonds is 33. The Morgan fingerprint density at radius 3 is 1.10 bits per heavy atom. The van der Waals surface area contributed by atoms with E-state index >= 15 is 0 Å². The molecule has 0 aliphatic rings. The molecule has 2 N–H and O–H groups in total. The first kappa shape index (κ1) is 63.6. The van der Waals surface area contributed by atoms with Crippen LogP contribution in [-0.2, 0) is 13.1 Å². The lowest BCUT2D eigenvalue weighted by Crippen LogP contribution is -2.39. The highest BCUT2D eigenvalue weighted by Crippen LogP contribution is 2.35. The van der Waals surface area contributed by atoms with E-state index in [1.807, 2.05) is 21.9 Å². The van der Waals surface area contributed by atoms with Crippen molar-refractivity contribution in [2.24, 2.45) is 44.1 Å². The monoisotopic (exact) mass is 1070 g/mol. The van der Waals surface area contributed by atoms with Crippen molar-refractivity contribution in [2.75, 3.05) is 26.2 Å². The molecule has 2 amide bonds. The van der Waals surface area contributed by atoms with E-state index in [9.17, 15) is 39.9 Å². The molecule has 0 radical (unpaired) electrons. The number of nitriles is 2. The Morgan fingerprint density at radius 2 is 0.833 bits per heavy atom. The fraction of sp³-hybridized carbons (Fsp3) is 0.581. The van der Waals surface area contributed by atoms with Gasteiger partial charge in [-0.05, 0) is 99.6 Å². The molecule has 0 aliphatic carbocycles. The van der Waals surface area contributed by atoms with Crippen LogP contribution in [0.25, 0.3) is 0 Å². The quantitative estimate of drug-likeness (QED) is 0.0436. The zero-order valence-electron chi connectivity index (χ0n) is 48.5. The smallest absolute Gasteiger partial charge is 0.271 e. The third-order valence-corrected chi connectivity index (χ3v) is 15.5. The number of azo groups is 2. The maximum absolute atomic E-state index is 14.3. The summed E-state index contributed by atoms with van der Waals surface area (Å²) >= 11 is 0. The van der Waals surface area contributed by atoms with Crippen LogP contribution < -0.4 is 11.1 Å². The van der Waals surface area contributed by atoms with Crippen LogP contribution >= 0.6 is 0 Å². The van der Waals surface area contributed by atoms with Gasteiger partial charge in [-0.2, -0.15) is 20.8 Å². The Morgan fingerprint density at radius 1 is 0.526 bits per heavy atom. The first-order chi connectivity index (χ1) is 37.6. The lowest BCUT2D eigenvalue weighted by atomic mass is 9.95. The number of aromatic hydroxyl groups is 2. The second kappa shape index (κ2) is 32.7. The molecule has 0 fully saturated rings. The molecule has 422 valence electrons. The molecule has 2 aromatic heterocycles. The fourth-order valence-corrected chi connectivity index (χ4v) is 10.1. The van der Waals surface area contributed by atoms with Gasteiger partial charge in [0.1, 0.15) is 23.3 Å². The number of nitrogens with zero attached hydrogens (tertiary/aromatic N) is 10. The minimum atomic E-state index is -0.877. The molecule has 4 atom stereocenters. The molecule has 4 rings (SSSR count). The molecule has 16 heteroatoms. The lowest BCUT2D eigenvalue weighted by molar-refractivity contribution is 0.0678. The summed E-state index contributed by atoms with van der Waals surface area (Å²) in [7, 11) is 0. The third-order valence-electron chi connectivity index (χ3n) is 15.5. The highest BCUT2D eigenvalue weighted by Gasteiger charge is 2.27. The van der Waals surface area contributed by atoms with Crippen LogP contribution in [0.3, 0.4) is 0 Å². The molecule has 0 saturated heterocycles. The van der Waals surface area contributed by atoms with E-state index in [1.54, 1.807) is 48.5 Å². The number of pyridine rings is 2. The SMILES string of the molecule is CCCCC(CC)CN(CC(CC)CCCC)C(=O)c1cccc(/N=N/c2c(C)c(C#N)c(=O)n(CCn3c(O)c(/N=N/c4cccc(C(=O)N(CC(CC)CCCC)CC(CC)CCCC)c4)c(C)c(C#N)c3=O)c2O)c1. The lowest BCUT2D eigenvalue weighted by Gasteiger charge is -2.31. The van der Waals surface area contributed by atoms with E-state index in [1.165, 1.54) is 13.8 Å². The fourth-order valence-electron chi connectivity index (χ4n) is 10.1. The average Bonchev–Trinajstić information content (AvgIpc) is 3.48. The predicted molar refractivity (Wildman–Crippen MR) is 310 cm³/mol. The average molecular weight is 1070 g/mol. The zero-order valence-corrected chi connectivity index (χ0v) is 48.5. The van der Waals surface area contributed by atoms with E-state index in [2.05, 4.69) is 75.8 Å². The summed E-state index contributed by atoms with van der Waals surface area (Å²) in [6, 6.07) is 17.4. The molecule has 2 heterocycles. The highest BCUT2D eigenvalue weighted by atomic mass is 16.3. The van der Waals surface area contributed by atoms with Crippen molar-refractivity contribution in [3.05, 3.63) is 103 Å². The molecule has 0 spiro atoms. The van der Waals surface area contributed by atoms with Crippen LogP contribution in [0.15, 0.2) is 78.6 Å². The number of benzene rings is 2. The van der Waals surface area contributed by atoms with Gasteiger partial charge >= 0.3 is 0 Å². The summed E-state index contributed by atoms with van der Waals surface area (Å²) in [4.78, 5) is 60.3. The summed E-state index contributed by atoms with van der Waals surface area (Å²) in [5.41, 5.74) is -1.18. The van der Waals surface area contributed by atoms with Gasteiger partial charge < -0.3 is 20.0 Å². The van der Waals surface area contributed by atoms with Gasteiger partial charge in [0.2, 0.25) is 11.8 Å². The van der Waals surface area contributed by atoms with Gasteiger partial charge in [0.15, 0.2) is 11.4 Å². The van der Waals surface area contributed by atoms with Crippen molar-refractivity contribution in [2.45, 2.75) is 185 Å². The van der Waals surface area contributed by atoms with Crippen molar-refractivity contribution in [1.29, 1.82) is 10.5 Å². The summed E-state index contributed by atoms with van der Waals surface area (Å²) in [5.74, 6) is -0.0373. The van der Waals surface area contributed by atoms with Crippen LogP contribution in [-0.4, -0.2) is 67.1 Å². The largest absolute Gasteiger partial charge is 0.493 e. The van der Waals surface area contributed by atoms with E-state index in [0.717, 1.165) is 112 Å². The molecule has 0 saturated carbocycles. The number of amides is 2. The minimum Gasteiger partial charge on any atom is -0.493 e. The molecule has 16 nitrogen and oxygen atoms in total. The Kier molecular flexibility index (Phi) is 26.7. The molecular weight excluding hydrogens is 981 g/mol. The van der Waals surface area contributed by atoms with Crippen molar-refractivity contribution < 1.29 is 19.8 Å². The topological polar surface area (TPSA) is 222 Å². The van der Waals surface area contributed by atoms with Crippen LogP contribution in [0, 0.1) is 60.2 Å². The second-order valence-electron chi connectivity index (χ2n) is 21.1. The molecular formula is C62H88N10O6. The van der Waals surface area contributed by atoms with Gasteiger partial charge in [0.05, 0.1) is 11.4 Å². The van der Waals surface area contributed by atoms with Crippen LogP contribution in [0.1, 0.15) is 201 Å². The zero-order chi connectivity index (χ0) is 57.3. The van der Waals surface area contributed by atoms with Gasteiger partial charge in [0, 0.05) is 61.5 Å². The normalized spacial score (nSPS) is 13.1. The van der Waals surface area contributed by atoms with Crippen LogP contribution in [0.4, 0.5) is 22.7 Å². The standard InChI is InChI=1S/C62H88N10O6/c1-11-19-25-45(15-5)39-69(40-46(16-6)26-20-12-2)57(73)49-29-23-31-51(35-49)65-67-55-43(9)53(37-63)59(75)71(61(55)77)33-34-72-60(76)54(38-64)44(10)56(62(72)78)68-66-52-32-24-30-50(36-52)58(74)70(41-47(17-7)27-21-13-3)42-48(18-8)28-22-14-4/h23-24,29-32,35-36,45-48,77-78H,11-22,25-28,33-34,39-42H2,1-10H3/b67-65+,68-66+. The first-order valence-electron chi connectivity index (χ1n) is 28.9. The molecule has 2 aromatic carbocycles. The number of unbranched alkanes of at least 4 members (excludes halogenated alkanes) is 4. The van der Waals surface area contributed by atoms with Gasteiger partial charge in [-0.1, -0.05) is 145 Å². The van der Waals surface area contributed by atoms with Crippen LogP contribution in [0.5, 0.6) is 11.8 Å². The van der Waals surface area contributed by atoms with E-state index in [-0.39, 0.29) is 45.4 Å². The maximum atomic E-state index is 14.3. The second-order valence-corrected chi connectivity index (χ2v) is 21.1. The molecule has 0 bridgehead atoms. The number of aromatic nitrogens is 2. The van der Waals surface area contributed by atoms with Crippen LogP contribution in [0.2, 0.25) is 0 Å². The van der Waals surface area contributed by atoms with Crippen molar-refractivity contribution in [3.8, 4) is 23.9 Å². The predicted octanol–water partition coefficient (Wildman–Crippen LogP) is 15.1. The Balaban J connectivity index is 1.69. The van der Waals surface area contributed by atoms with Crippen molar-refractivity contribution in [1.82, 2.24) is 18.9 Å². The molecule has 0 aliphatic heterocycles. The third kappa shape index (κ3) is 17.3. The maximum Gasteiger partial charge on any atom is 0.271 e. The summed E-state index contributed by atoms with van der Waals surface area (Å²) < 4.78 is 1.71. The highest BCUT2D eigenvalue weighted by molar-refractivity contribution is 5.95. The number of hydrogen-bond donors (Lipinski definition) is 2. The van der Waals surface area contributed by atoms with Crippen molar-refractivity contribution in [3.63, 3.8) is 0 Å². The first-order valence-corrected chi connectivity index (χ1v) is 28.9. The molecule has 4 unspecified atom stereocenters. The minimum absolute atomic E-state index is 0.0614. The van der Waals surface area contributed by atoms with E-state index in [4.69, 9.17) is 0 Å². The number of hydrogen-bond acceptors (Lipinski definition) is 12. The van der Waals surface area contributed by atoms with Gasteiger partial charge in [-0.3, -0.25) is 28.3 Å². The van der Waals surface area contributed by atoms with E-state index in [0.29, 0.717) is 72.4 Å². The van der Waals surface area contributed by atoms with Gasteiger partial charge in [0.25, 0.3) is 22.9 Å². The van der Waals surface area contributed by atoms with E-state index < -0.39 is 36.0 Å². The van der Waals surface area contributed by atoms with Gasteiger partial charge in [-0.25, -0.2) is 0 Å². The Bertz CT molecular complexity index is 2650.